The molecule has 7 nitrogen and oxygen atoms in total. The van der Waals surface area contributed by atoms with E-state index in [4.69, 9.17) is 4.99 Å². The van der Waals surface area contributed by atoms with Crippen LogP contribution in [0.15, 0.2) is 93.3 Å². The predicted molar refractivity (Wildman–Crippen MR) is 153 cm³/mol. The molecule has 1 N–H and O–H groups in total. The summed E-state index contributed by atoms with van der Waals surface area (Å²) in [5, 5.41) is 35.3. The number of aliphatic hydroxyl groups is 1. The second-order valence-corrected chi connectivity index (χ2v) is 10.6. The third kappa shape index (κ3) is 8.58. The Kier molecular flexibility index (Phi) is 12.5. The molecule has 0 saturated carbocycles. The number of aliphatic imine (C=N–C) groups is 2. The number of nitrogens with zero attached hydrogens (tertiary/aromatic N) is 3. The summed E-state index contributed by atoms with van der Waals surface area (Å²) in [7, 11) is 0. The van der Waals surface area contributed by atoms with Gasteiger partial charge in [0, 0.05) is 34.7 Å². The van der Waals surface area contributed by atoms with Gasteiger partial charge >= 0.3 is 16.5 Å². The summed E-state index contributed by atoms with van der Waals surface area (Å²) in [6.45, 7) is 1.80. The number of benzene rings is 3. The van der Waals surface area contributed by atoms with Crippen molar-refractivity contribution < 1.29 is 36.6 Å². The molecule has 0 aliphatic carbocycles. The van der Waals surface area contributed by atoms with E-state index in [2.05, 4.69) is 25.8 Å². The molecule has 212 valence electrons. The Morgan fingerprint density at radius 2 is 1.57 bits per heavy atom. The molecule has 1 saturated heterocycles. The van der Waals surface area contributed by atoms with Crippen LogP contribution in [0.2, 0.25) is 0 Å². The van der Waals surface area contributed by atoms with Gasteiger partial charge in [-0.25, -0.2) is 0 Å². The molecule has 1 fully saturated rings. The van der Waals surface area contributed by atoms with Crippen LogP contribution in [0.25, 0.3) is 0 Å². The van der Waals surface area contributed by atoms with E-state index in [-0.39, 0.29) is 42.0 Å². The fourth-order valence-corrected chi connectivity index (χ4v) is 5.21. The predicted octanol–water partition coefficient (Wildman–Crippen LogP) is 3.44. The van der Waals surface area contributed by atoms with Crippen LogP contribution in [0.4, 0.5) is 5.69 Å². The molecule has 0 aromatic heterocycles. The van der Waals surface area contributed by atoms with Crippen molar-refractivity contribution in [2.45, 2.75) is 37.6 Å². The van der Waals surface area contributed by atoms with Gasteiger partial charge in [-0.05, 0) is 62.0 Å². The number of hydrogen-bond donors (Lipinski definition) is 1. The Morgan fingerprint density at radius 3 is 2.23 bits per heavy atom. The molecule has 0 spiro atoms. The van der Waals surface area contributed by atoms with Crippen LogP contribution in [0.5, 0.6) is 0 Å². The zero-order valence-electron chi connectivity index (χ0n) is 22.0. The Morgan fingerprint density at radius 1 is 0.925 bits per heavy atom. The minimum Gasteiger partial charge on any atom is -0.861 e. The fraction of sp³-hybridized carbons (Fsp3) is 0.323. The third-order valence-electron chi connectivity index (χ3n) is 6.89. The van der Waals surface area contributed by atoms with Crippen molar-refractivity contribution in [2.24, 2.45) is 9.98 Å². The van der Waals surface area contributed by atoms with Gasteiger partial charge in [0.2, 0.25) is 0 Å². The van der Waals surface area contributed by atoms with E-state index in [0.29, 0.717) is 22.5 Å². The van der Waals surface area contributed by atoms with E-state index in [1.54, 1.807) is 18.2 Å². The number of halogens is 1. The summed E-state index contributed by atoms with van der Waals surface area (Å²) in [5.74, 6) is -2.22. The number of carbonyl (C=O) groups excluding carboxylic acids is 1. The van der Waals surface area contributed by atoms with E-state index >= 15 is 0 Å². The fourth-order valence-electron chi connectivity index (χ4n) is 4.95. The molecule has 2 atom stereocenters. The molecule has 1 aliphatic rings. The zero-order chi connectivity index (χ0) is 27.6. The Bertz CT molecular complexity index is 1300. The van der Waals surface area contributed by atoms with Gasteiger partial charge in [0.15, 0.2) is 0 Å². The summed E-state index contributed by atoms with van der Waals surface area (Å²) in [4.78, 5) is 23.9. The summed E-state index contributed by atoms with van der Waals surface area (Å²) >= 11 is 3.41. The van der Waals surface area contributed by atoms with Gasteiger partial charge in [-0.3, -0.25) is 14.9 Å². The molecular weight excluding hydrogens is 617 g/mol. The molecule has 1 aliphatic heterocycles. The summed E-state index contributed by atoms with van der Waals surface area (Å²) in [6.07, 6.45) is 3.52. The van der Waals surface area contributed by atoms with E-state index in [1.165, 1.54) is 6.42 Å². The Hall–Kier alpha value is -2.84. The largest absolute Gasteiger partial charge is 2.00 e. The van der Waals surface area contributed by atoms with E-state index in [9.17, 15) is 20.1 Å². The number of para-hydroxylation sites is 1. The van der Waals surface area contributed by atoms with E-state index in [1.807, 2.05) is 60.7 Å². The van der Waals surface area contributed by atoms with Gasteiger partial charge in [-0.15, -0.1) is 0 Å². The smallest absolute Gasteiger partial charge is 0.861 e. The van der Waals surface area contributed by atoms with Crippen molar-refractivity contribution in [3.8, 4) is 0 Å². The molecule has 3 aromatic rings. The van der Waals surface area contributed by atoms with Crippen LogP contribution >= 0.6 is 15.9 Å². The standard InChI is InChI=1S/C31H34BrN3O4.Ni/c32-24-15-13-22(14-16-24)25(17-20-36)30(31(38)39)34-29(23-9-3-1-4-10-23)26-11-5-6-12-27(26)33-28(37)21-35-18-7-2-8-19-35;/h1,3-6,9-16,25,30,36H,2,7-8,17-21H2,(H,33,37)(H,38,39);/q;+2/p-2/t25-,30-;/m0./s1. The number of aliphatic hydroxyl groups excluding tert-OH is 1. The molecule has 40 heavy (non-hydrogen) atoms. The number of piperidine rings is 1. The van der Waals surface area contributed by atoms with Crippen molar-refractivity contribution in [2.75, 3.05) is 26.2 Å². The molecule has 9 heteroatoms. The molecule has 0 radical (unpaired) electrons. The van der Waals surface area contributed by atoms with Gasteiger partial charge < -0.3 is 20.1 Å². The number of hydrogen-bond acceptors (Lipinski definition) is 7. The third-order valence-corrected chi connectivity index (χ3v) is 7.42. The van der Waals surface area contributed by atoms with E-state index < -0.39 is 17.9 Å². The number of likely N-dealkylation sites (tertiary alicyclic amines) is 1. The first-order valence-corrected chi connectivity index (χ1v) is 14.0. The van der Waals surface area contributed by atoms with E-state index in [0.717, 1.165) is 36.0 Å². The number of carbonyl (C=O) groups is 1. The molecular formula is C31H32BrN3NiO4. The first-order valence-electron chi connectivity index (χ1n) is 13.2. The number of carboxylic acid groups (broad SMARTS) is 1. The van der Waals surface area contributed by atoms with Gasteiger partial charge in [0.05, 0.1) is 23.4 Å². The maximum atomic E-state index is 12.9. The molecule has 4 rings (SSSR count). The zero-order valence-corrected chi connectivity index (χ0v) is 24.6. The maximum Gasteiger partial charge on any atom is 2.00 e. The van der Waals surface area contributed by atoms with Gasteiger partial charge in [0.25, 0.3) is 0 Å². The van der Waals surface area contributed by atoms with Gasteiger partial charge in [-0.2, -0.15) is 0 Å². The molecule has 0 amide bonds. The average Bonchev–Trinajstić information content (AvgIpc) is 2.95. The van der Waals surface area contributed by atoms with Crippen molar-refractivity contribution in [1.82, 2.24) is 4.90 Å². The topological polar surface area (TPSA) is 111 Å². The van der Waals surface area contributed by atoms with Gasteiger partial charge in [-0.1, -0.05) is 83.0 Å². The van der Waals surface area contributed by atoms with Crippen molar-refractivity contribution >= 4 is 39.2 Å². The first kappa shape index (κ1) is 31.7. The van der Waals surface area contributed by atoms with Gasteiger partial charge in [0.1, 0.15) is 0 Å². The minimum atomic E-state index is -1.35. The summed E-state index contributed by atoms with van der Waals surface area (Å²) < 4.78 is 0.859. The SMILES string of the molecule is O=C([O-])[C@@H](N=C(c1ccccc1)c1ccccc1N=C([O-])CN1CCCCC1)[C@@H](CCO)c1ccc(Br)cc1.[Ni+2]. The molecule has 3 aromatic carbocycles. The molecule has 0 unspecified atom stereocenters. The van der Waals surface area contributed by atoms with Crippen molar-refractivity contribution in [3.05, 3.63) is 100 Å². The summed E-state index contributed by atoms with van der Waals surface area (Å²) in [6, 6.07) is 22.4. The normalized spacial score (nSPS) is 16.1. The minimum absolute atomic E-state index is 0. The Balaban J connectivity index is 0.00000441. The van der Waals surface area contributed by atoms with Crippen LogP contribution < -0.4 is 10.2 Å². The van der Waals surface area contributed by atoms with Crippen LogP contribution in [0, 0.1) is 0 Å². The molecule has 0 bridgehead atoms. The maximum absolute atomic E-state index is 12.9. The first-order chi connectivity index (χ1) is 19.0. The van der Waals surface area contributed by atoms with Crippen LogP contribution in [0.3, 0.4) is 0 Å². The average molecular weight is 649 g/mol. The quantitative estimate of drug-likeness (QED) is 0.195. The number of rotatable bonds is 11. The second-order valence-electron chi connectivity index (χ2n) is 9.64. The summed E-state index contributed by atoms with van der Waals surface area (Å²) in [5.41, 5.74) is 2.80. The number of carboxylic acids is 1. The Labute approximate surface area is 253 Å². The van der Waals surface area contributed by atoms with Crippen LogP contribution in [-0.4, -0.2) is 59.9 Å². The van der Waals surface area contributed by atoms with Crippen molar-refractivity contribution in [3.63, 3.8) is 0 Å². The van der Waals surface area contributed by atoms with Crippen LogP contribution in [-0.2, 0) is 21.3 Å². The van der Waals surface area contributed by atoms with Crippen molar-refractivity contribution in [1.29, 1.82) is 0 Å². The number of aliphatic carboxylic acids is 1. The monoisotopic (exact) mass is 647 g/mol. The molecule has 1 heterocycles. The second kappa shape index (κ2) is 15.8. The van der Waals surface area contributed by atoms with Crippen LogP contribution in [0.1, 0.15) is 48.3 Å².